The lowest BCUT2D eigenvalue weighted by Crippen LogP contribution is -2.21. The van der Waals surface area contributed by atoms with Gasteiger partial charge in [0.2, 0.25) is 0 Å². The van der Waals surface area contributed by atoms with E-state index >= 15 is 0 Å². The largest absolute Gasteiger partial charge is 0.508 e. The van der Waals surface area contributed by atoms with E-state index in [1.807, 2.05) is 12.1 Å². The van der Waals surface area contributed by atoms with Crippen LogP contribution < -0.4 is 10.6 Å². The van der Waals surface area contributed by atoms with Crippen LogP contribution in [0.2, 0.25) is 0 Å². The first-order valence-corrected chi connectivity index (χ1v) is 5.60. The van der Waals surface area contributed by atoms with E-state index in [2.05, 4.69) is 25.3 Å². The molecule has 1 aromatic carbocycles. The first-order valence-electron chi connectivity index (χ1n) is 5.60. The van der Waals surface area contributed by atoms with Crippen molar-refractivity contribution in [3.8, 4) is 5.75 Å². The molecule has 0 unspecified atom stereocenters. The molecule has 0 aliphatic rings. The van der Waals surface area contributed by atoms with Gasteiger partial charge in [-0.3, -0.25) is 0 Å². The Morgan fingerprint density at radius 2 is 2.06 bits per heavy atom. The van der Waals surface area contributed by atoms with Gasteiger partial charge in [0.25, 0.3) is 0 Å². The van der Waals surface area contributed by atoms with Gasteiger partial charge in [0.05, 0.1) is 6.04 Å². The molecule has 0 heterocycles. The molecule has 1 aromatic rings. The molecule has 0 saturated carbocycles. The fourth-order valence-electron chi connectivity index (χ4n) is 1.73. The Kier molecular flexibility index (Phi) is 4.38. The first kappa shape index (κ1) is 12.6. The van der Waals surface area contributed by atoms with Crippen LogP contribution in [0, 0.1) is 0 Å². The smallest absolute Gasteiger partial charge is 0.122 e. The highest BCUT2D eigenvalue weighted by atomic mass is 16.3. The Morgan fingerprint density at radius 3 is 2.50 bits per heavy atom. The molecule has 0 amide bonds. The zero-order valence-electron chi connectivity index (χ0n) is 9.98. The van der Waals surface area contributed by atoms with Crippen LogP contribution in [-0.2, 0) is 0 Å². The molecule has 0 aliphatic carbocycles. The topological polar surface area (TPSA) is 49.5 Å². The van der Waals surface area contributed by atoms with Crippen molar-refractivity contribution in [1.29, 1.82) is 0 Å². The maximum absolute atomic E-state index is 9.88. The number of hydrogen-bond donors (Lipinski definition) is 2. The normalized spacial score (nSPS) is 12.2. The summed E-state index contributed by atoms with van der Waals surface area (Å²) in [6, 6.07) is 5.28. The number of nitrogens with two attached hydrogens (primary N) is 1. The van der Waals surface area contributed by atoms with Gasteiger partial charge in [-0.1, -0.05) is 12.1 Å². The summed E-state index contributed by atoms with van der Waals surface area (Å²) in [5, 5.41) is 9.88. The van der Waals surface area contributed by atoms with Gasteiger partial charge < -0.3 is 15.7 Å². The van der Waals surface area contributed by atoms with E-state index in [9.17, 15) is 5.11 Å². The van der Waals surface area contributed by atoms with Crippen LogP contribution in [0.1, 0.15) is 25.5 Å². The summed E-state index contributed by atoms with van der Waals surface area (Å²) in [6.07, 6.45) is 1.62. The van der Waals surface area contributed by atoms with Gasteiger partial charge in [0.15, 0.2) is 0 Å². The van der Waals surface area contributed by atoms with Crippen molar-refractivity contribution < 1.29 is 5.11 Å². The summed E-state index contributed by atoms with van der Waals surface area (Å²) in [5.74, 6) is 0.233. The lowest BCUT2D eigenvalue weighted by atomic mass is 10.1. The average Bonchev–Trinajstić information content (AvgIpc) is 2.30. The van der Waals surface area contributed by atoms with Gasteiger partial charge in [-0.05, 0) is 19.9 Å². The standard InChI is InChI=1S/C13H20N2O/c1-4-12(14)11-8-7-10(9-13(11)16)15(5-2)6-3/h4,7-9,12,16H,1,5-6,14H2,2-3H3/t12-/m0/s1. The molecule has 0 spiro atoms. The number of benzene rings is 1. The van der Waals surface area contributed by atoms with Crippen LogP contribution in [0.5, 0.6) is 5.75 Å². The molecular weight excluding hydrogens is 200 g/mol. The van der Waals surface area contributed by atoms with Crippen LogP contribution in [-0.4, -0.2) is 18.2 Å². The van der Waals surface area contributed by atoms with Crippen LogP contribution in [0.3, 0.4) is 0 Å². The number of rotatable bonds is 5. The van der Waals surface area contributed by atoms with Gasteiger partial charge in [-0.2, -0.15) is 0 Å². The highest BCUT2D eigenvalue weighted by molar-refractivity contribution is 5.54. The maximum atomic E-state index is 9.88. The summed E-state index contributed by atoms with van der Waals surface area (Å²) >= 11 is 0. The quantitative estimate of drug-likeness (QED) is 0.749. The fourth-order valence-corrected chi connectivity index (χ4v) is 1.73. The van der Waals surface area contributed by atoms with Crippen molar-refractivity contribution in [2.24, 2.45) is 5.73 Å². The summed E-state index contributed by atoms with van der Waals surface area (Å²) in [7, 11) is 0. The van der Waals surface area contributed by atoms with E-state index < -0.39 is 0 Å². The molecule has 1 atom stereocenters. The molecular formula is C13H20N2O. The molecule has 0 saturated heterocycles. The monoisotopic (exact) mass is 220 g/mol. The number of aromatic hydroxyl groups is 1. The number of nitrogens with zero attached hydrogens (tertiary/aromatic N) is 1. The average molecular weight is 220 g/mol. The number of hydrogen-bond acceptors (Lipinski definition) is 3. The van der Waals surface area contributed by atoms with Crippen molar-refractivity contribution in [2.75, 3.05) is 18.0 Å². The van der Waals surface area contributed by atoms with Gasteiger partial charge in [-0.25, -0.2) is 0 Å². The van der Waals surface area contributed by atoms with Crippen molar-refractivity contribution >= 4 is 5.69 Å². The molecule has 0 radical (unpaired) electrons. The van der Waals surface area contributed by atoms with Crippen molar-refractivity contribution in [1.82, 2.24) is 0 Å². The Hall–Kier alpha value is -1.48. The number of anilines is 1. The third kappa shape index (κ3) is 2.55. The predicted molar refractivity (Wildman–Crippen MR) is 68.8 cm³/mol. The van der Waals surface area contributed by atoms with Crippen molar-refractivity contribution in [2.45, 2.75) is 19.9 Å². The highest BCUT2D eigenvalue weighted by Crippen LogP contribution is 2.28. The third-order valence-corrected chi connectivity index (χ3v) is 2.76. The molecule has 0 bridgehead atoms. The lowest BCUT2D eigenvalue weighted by Gasteiger charge is -2.22. The summed E-state index contributed by atoms with van der Waals surface area (Å²) in [4.78, 5) is 2.17. The Balaban J connectivity index is 3.03. The maximum Gasteiger partial charge on any atom is 0.122 e. The van der Waals surface area contributed by atoms with Crippen molar-refractivity contribution in [3.05, 3.63) is 36.4 Å². The highest BCUT2D eigenvalue weighted by Gasteiger charge is 2.10. The molecule has 16 heavy (non-hydrogen) atoms. The number of phenols is 1. The minimum absolute atomic E-state index is 0.233. The molecule has 3 N–H and O–H groups in total. The first-order chi connectivity index (χ1) is 7.63. The van der Waals surface area contributed by atoms with Crippen LogP contribution in [0.4, 0.5) is 5.69 Å². The molecule has 88 valence electrons. The van der Waals surface area contributed by atoms with Gasteiger partial charge >= 0.3 is 0 Å². The second-order valence-electron chi connectivity index (χ2n) is 3.68. The van der Waals surface area contributed by atoms with Crippen LogP contribution in [0.25, 0.3) is 0 Å². The molecule has 0 fully saturated rings. The third-order valence-electron chi connectivity index (χ3n) is 2.76. The Bertz CT molecular complexity index is 359. The number of phenolic OH excluding ortho intramolecular Hbond substituents is 1. The van der Waals surface area contributed by atoms with E-state index in [1.165, 1.54) is 0 Å². The lowest BCUT2D eigenvalue weighted by molar-refractivity contribution is 0.466. The zero-order valence-corrected chi connectivity index (χ0v) is 9.98. The summed E-state index contributed by atoms with van der Waals surface area (Å²) in [5.41, 5.74) is 7.52. The predicted octanol–water partition coefficient (Wildman–Crippen LogP) is 2.42. The Labute approximate surface area is 97.2 Å². The van der Waals surface area contributed by atoms with Crippen LogP contribution >= 0.6 is 0 Å². The molecule has 0 aromatic heterocycles. The van der Waals surface area contributed by atoms with E-state index in [0.717, 1.165) is 18.8 Å². The van der Waals surface area contributed by atoms with Crippen molar-refractivity contribution in [3.63, 3.8) is 0 Å². The zero-order chi connectivity index (χ0) is 12.1. The minimum Gasteiger partial charge on any atom is -0.508 e. The SMILES string of the molecule is C=C[C@H](N)c1ccc(N(CC)CC)cc1O. The van der Waals surface area contributed by atoms with E-state index in [1.54, 1.807) is 12.1 Å². The molecule has 1 rings (SSSR count). The van der Waals surface area contributed by atoms with Gasteiger partial charge in [-0.15, -0.1) is 6.58 Å². The van der Waals surface area contributed by atoms with Crippen LogP contribution in [0.15, 0.2) is 30.9 Å². The van der Waals surface area contributed by atoms with E-state index in [-0.39, 0.29) is 11.8 Å². The summed E-state index contributed by atoms with van der Waals surface area (Å²) < 4.78 is 0. The van der Waals surface area contributed by atoms with Gasteiger partial charge in [0, 0.05) is 30.4 Å². The summed E-state index contributed by atoms with van der Waals surface area (Å²) in [6.45, 7) is 9.63. The molecule has 3 heteroatoms. The molecule has 3 nitrogen and oxygen atoms in total. The minimum atomic E-state index is -0.314. The second kappa shape index (κ2) is 5.56. The fraction of sp³-hybridized carbons (Fsp3) is 0.385. The molecule has 0 aliphatic heterocycles. The second-order valence-corrected chi connectivity index (χ2v) is 3.68. The van der Waals surface area contributed by atoms with E-state index in [0.29, 0.717) is 5.56 Å². The Morgan fingerprint density at radius 1 is 1.44 bits per heavy atom. The van der Waals surface area contributed by atoms with E-state index in [4.69, 9.17) is 5.73 Å². The van der Waals surface area contributed by atoms with Gasteiger partial charge in [0.1, 0.15) is 5.75 Å².